The highest BCUT2D eigenvalue weighted by Crippen LogP contribution is 2.17. The molecule has 3 N–H and O–H groups in total. The van der Waals surface area contributed by atoms with E-state index in [-0.39, 0.29) is 11.0 Å². The zero-order valence-corrected chi connectivity index (χ0v) is 15.5. The van der Waals surface area contributed by atoms with Crippen LogP contribution in [0, 0.1) is 0 Å². The number of pyridine rings is 1. The summed E-state index contributed by atoms with van der Waals surface area (Å²) >= 11 is 0. The molecule has 2 aromatic carbocycles. The van der Waals surface area contributed by atoms with Crippen molar-refractivity contribution in [2.45, 2.75) is 20.0 Å². The molecule has 0 spiro atoms. The van der Waals surface area contributed by atoms with Crippen molar-refractivity contribution in [1.29, 1.82) is 0 Å². The van der Waals surface area contributed by atoms with E-state index < -0.39 is 5.91 Å². The Labute approximate surface area is 157 Å². The third-order valence-electron chi connectivity index (χ3n) is 4.26. The van der Waals surface area contributed by atoms with Crippen LogP contribution < -0.4 is 20.8 Å². The van der Waals surface area contributed by atoms with Crippen LogP contribution in [0.1, 0.15) is 28.4 Å². The number of hydrogen-bond donors (Lipinski definition) is 3. The number of H-pyrrole nitrogens is 1. The summed E-state index contributed by atoms with van der Waals surface area (Å²) in [6, 6.07) is 13.2. The van der Waals surface area contributed by atoms with E-state index in [0.717, 1.165) is 12.1 Å². The summed E-state index contributed by atoms with van der Waals surface area (Å²) in [5.74, 6) is 0.203. The van der Waals surface area contributed by atoms with Gasteiger partial charge in [0.2, 0.25) is 5.43 Å². The highest BCUT2D eigenvalue weighted by Gasteiger charge is 2.13. The number of rotatable bonds is 7. The molecule has 0 unspecified atom stereocenters. The van der Waals surface area contributed by atoms with Crippen LogP contribution in [0.3, 0.4) is 0 Å². The molecule has 6 heteroatoms. The number of carbonyl (C=O) groups is 1. The maximum absolute atomic E-state index is 12.7. The van der Waals surface area contributed by atoms with Gasteiger partial charge in [0.15, 0.2) is 0 Å². The van der Waals surface area contributed by atoms with Crippen molar-refractivity contribution in [3.05, 3.63) is 75.6 Å². The second-order valence-electron chi connectivity index (χ2n) is 6.20. The molecular weight excluding hydrogens is 342 g/mol. The zero-order chi connectivity index (χ0) is 19.2. The van der Waals surface area contributed by atoms with Gasteiger partial charge >= 0.3 is 0 Å². The molecular formula is C21H23N3O3. The summed E-state index contributed by atoms with van der Waals surface area (Å²) in [6.07, 6.45) is 1.45. The minimum absolute atomic E-state index is 0.0861. The van der Waals surface area contributed by atoms with Crippen LogP contribution in [-0.2, 0) is 13.1 Å². The van der Waals surface area contributed by atoms with Crippen molar-refractivity contribution >= 4 is 16.8 Å². The molecule has 0 aliphatic rings. The lowest BCUT2D eigenvalue weighted by Crippen LogP contribution is -2.28. The molecule has 3 rings (SSSR count). The Morgan fingerprint density at radius 1 is 1.07 bits per heavy atom. The third-order valence-corrected chi connectivity index (χ3v) is 4.26. The van der Waals surface area contributed by atoms with Crippen molar-refractivity contribution in [2.75, 3.05) is 13.7 Å². The van der Waals surface area contributed by atoms with Gasteiger partial charge < -0.3 is 20.4 Å². The molecule has 0 radical (unpaired) electrons. The zero-order valence-electron chi connectivity index (χ0n) is 15.5. The van der Waals surface area contributed by atoms with Gasteiger partial charge in [0.1, 0.15) is 11.3 Å². The van der Waals surface area contributed by atoms with Gasteiger partial charge in [-0.25, -0.2) is 0 Å². The Kier molecular flexibility index (Phi) is 5.88. The lowest BCUT2D eigenvalue weighted by Gasteiger charge is -2.08. The van der Waals surface area contributed by atoms with Crippen LogP contribution in [0.5, 0.6) is 5.75 Å². The summed E-state index contributed by atoms with van der Waals surface area (Å²) < 4.78 is 5.44. The lowest BCUT2D eigenvalue weighted by atomic mass is 10.1. The average molecular weight is 365 g/mol. The lowest BCUT2D eigenvalue weighted by molar-refractivity contribution is 0.0949. The Balaban J connectivity index is 1.76. The molecule has 27 heavy (non-hydrogen) atoms. The summed E-state index contributed by atoms with van der Waals surface area (Å²) in [5, 5.41) is 6.33. The van der Waals surface area contributed by atoms with E-state index >= 15 is 0 Å². The molecule has 0 fully saturated rings. The third kappa shape index (κ3) is 4.35. The number of hydrogen-bond acceptors (Lipinski definition) is 4. The maximum atomic E-state index is 12.7. The Hall–Kier alpha value is -3.12. The van der Waals surface area contributed by atoms with Gasteiger partial charge in [0, 0.05) is 30.2 Å². The number of benzene rings is 2. The van der Waals surface area contributed by atoms with E-state index in [1.807, 2.05) is 38.2 Å². The van der Waals surface area contributed by atoms with E-state index in [0.29, 0.717) is 29.8 Å². The first-order valence-corrected chi connectivity index (χ1v) is 8.91. The predicted octanol–water partition coefficient (Wildman–Crippen LogP) is 2.58. The van der Waals surface area contributed by atoms with Crippen LogP contribution in [0.2, 0.25) is 0 Å². The van der Waals surface area contributed by atoms with Gasteiger partial charge in [-0.3, -0.25) is 9.59 Å². The van der Waals surface area contributed by atoms with Gasteiger partial charge in [-0.05, 0) is 43.3 Å². The van der Waals surface area contributed by atoms with Crippen molar-refractivity contribution in [3.8, 4) is 5.75 Å². The van der Waals surface area contributed by atoms with Crippen LogP contribution in [-0.4, -0.2) is 24.5 Å². The van der Waals surface area contributed by atoms with E-state index in [1.165, 1.54) is 11.8 Å². The van der Waals surface area contributed by atoms with Gasteiger partial charge in [0.05, 0.1) is 6.61 Å². The van der Waals surface area contributed by atoms with E-state index in [9.17, 15) is 9.59 Å². The maximum Gasteiger partial charge on any atom is 0.257 e. The summed E-state index contributed by atoms with van der Waals surface area (Å²) in [6.45, 7) is 3.54. The van der Waals surface area contributed by atoms with E-state index in [2.05, 4.69) is 15.6 Å². The number of aromatic amines is 1. The van der Waals surface area contributed by atoms with Gasteiger partial charge in [-0.15, -0.1) is 0 Å². The normalized spacial score (nSPS) is 10.7. The van der Waals surface area contributed by atoms with E-state index in [1.54, 1.807) is 18.2 Å². The molecule has 3 aromatic rings. The highest BCUT2D eigenvalue weighted by molar-refractivity contribution is 5.97. The van der Waals surface area contributed by atoms with Crippen LogP contribution in [0.4, 0.5) is 0 Å². The molecule has 0 saturated carbocycles. The molecule has 0 aliphatic heterocycles. The topological polar surface area (TPSA) is 83.2 Å². The van der Waals surface area contributed by atoms with Gasteiger partial charge in [-0.1, -0.05) is 24.3 Å². The first-order chi connectivity index (χ1) is 13.1. The Morgan fingerprint density at radius 3 is 2.44 bits per heavy atom. The molecule has 1 amide bonds. The molecule has 1 heterocycles. The largest absolute Gasteiger partial charge is 0.494 e. The number of nitrogens with one attached hydrogen (secondary N) is 3. The SMILES string of the molecule is CCOc1ccc2[nH]cc(C(=O)NCc3ccc(CNC)cc3)c(=O)c2c1. The van der Waals surface area contributed by atoms with Crippen LogP contribution >= 0.6 is 0 Å². The first kappa shape index (κ1) is 18.7. The van der Waals surface area contributed by atoms with E-state index in [4.69, 9.17) is 4.74 Å². The first-order valence-electron chi connectivity index (χ1n) is 8.91. The minimum atomic E-state index is -0.403. The Bertz CT molecular complexity index is 994. The van der Waals surface area contributed by atoms with Gasteiger partial charge in [0.25, 0.3) is 5.91 Å². The smallest absolute Gasteiger partial charge is 0.257 e. The highest BCUT2D eigenvalue weighted by atomic mass is 16.5. The van der Waals surface area contributed by atoms with Gasteiger partial charge in [-0.2, -0.15) is 0 Å². The number of amides is 1. The second-order valence-corrected chi connectivity index (χ2v) is 6.20. The predicted molar refractivity (Wildman–Crippen MR) is 106 cm³/mol. The number of carbonyl (C=O) groups excluding carboxylic acids is 1. The molecule has 0 aliphatic carbocycles. The molecule has 1 aromatic heterocycles. The number of ether oxygens (including phenoxy) is 1. The average Bonchev–Trinajstić information content (AvgIpc) is 2.68. The quantitative estimate of drug-likeness (QED) is 0.601. The summed E-state index contributed by atoms with van der Waals surface area (Å²) in [7, 11) is 1.90. The van der Waals surface area contributed by atoms with Crippen molar-refractivity contribution in [3.63, 3.8) is 0 Å². The monoisotopic (exact) mass is 365 g/mol. The summed E-state index contributed by atoms with van der Waals surface area (Å²) in [4.78, 5) is 28.2. The summed E-state index contributed by atoms with van der Waals surface area (Å²) in [5.41, 5.74) is 2.58. The molecule has 0 atom stereocenters. The van der Waals surface area contributed by atoms with Crippen LogP contribution in [0.15, 0.2) is 53.5 Å². The molecule has 0 bridgehead atoms. The Morgan fingerprint density at radius 2 is 1.78 bits per heavy atom. The fourth-order valence-electron chi connectivity index (χ4n) is 2.88. The molecule has 6 nitrogen and oxygen atoms in total. The van der Waals surface area contributed by atoms with Crippen LogP contribution in [0.25, 0.3) is 10.9 Å². The number of aromatic nitrogens is 1. The molecule has 140 valence electrons. The molecule has 0 saturated heterocycles. The standard InChI is InChI=1S/C21H23N3O3/c1-3-27-16-8-9-19-17(10-16)20(25)18(13-23-19)21(26)24-12-15-6-4-14(5-7-15)11-22-2/h4-10,13,22H,3,11-12H2,1-2H3,(H,23,25)(H,24,26). The minimum Gasteiger partial charge on any atom is -0.494 e. The number of fused-ring (bicyclic) bond motifs is 1. The van der Waals surface area contributed by atoms with Crippen molar-refractivity contribution in [2.24, 2.45) is 0 Å². The fourth-order valence-corrected chi connectivity index (χ4v) is 2.88. The van der Waals surface area contributed by atoms with Crippen molar-refractivity contribution < 1.29 is 9.53 Å². The van der Waals surface area contributed by atoms with Crippen molar-refractivity contribution in [1.82, 2.24) is 15.6 Å². The fraction of sp³-hybridized carbons (Fsp3) is 0.238. The second kappa shape index (κ2) is 8.51.